The lowest BCUT2D eigenvalue weighted by atomic mass is 9.90. The molecule has 1 N–H and O–H groups in total. The van der Waals surface area contributed by atoms with E-state index < -0.39 is 5.72 Å². The number of nitrogens with zero attached hydrogens (tertiary/aromatic N) is 1. The lowest BCUT2D eigenvalue weighted by Gasteiger charge is -2.50. The maximum Gasteiger partial charge on any atom is 0.325 e. The fraction of sp³-hybridized carbons (Fsp3) is 0.278. The molecule has 2 bridgehead atoms. The van der Waals surface area contributed by atoms with Crippen LogP contribution in [0.15, 0.2) is 46.9 Å². The molecule has 0 spiro atoms. The maximum absolute atomic E-state index is 12.7. The number of rotatable bonds is 1. The Morgan fingerprint density at radius 2 is 2.13 bits per heavy atom. The van der Waals surface area contributed by atoms with E-state index in [0.717, 1.165) is 27.0 Å². The molecule has 0 unspecified atom stereocenters. The van der Waals surface area contributed by atoms with E-state index in [1.165, 1.54) is 0 Å². The summed E-state index contributed by atoms with van der Waals surface area (Å²) in [6.07, 6.45) is 0.704. The number of ether oxygens (including phenoxy) is 1. The van der Waals surface area contributed by atoms with E-state index in [1.807, 2.05) is 56.3 Å². The molecule has 23 heavy (non-hydrogen) atoms. The van der Waals surface area contributed by atoms with Crippen molar-refractivity contribution in [2.24, 2.45) is 0 Å². The second-order valence-corrected chi connectivity index (χ2v) is 7.26. The predicted molar refractivity (Wildman–Crippen MR) is 92.7 cm³/mol. The summed E-state index contributed by atoms with van der Waals surface area (Å²) in [6.45, 7) is 4.00. The minimum atomic E-state index is -0.693. The zero-order valence-electron chi connectivity index (χ0n) is 13.0. The number of hydrogen-bond donors (Lipinski definition) is 1. The molecule has 2 aliphatic rings. The number of urea groups is 1. The van der Waals surface area contributed by atoms with Gasteiger partial charge in [0.05, 0.1) is 6.04 Å². The summed E-state index contributed by atoms with van der Waals surface area (Å²) in [7, 11) is 0. The van der Waals surface area contributed by atoms with E-state index in [9.17, 15) is 4.79 Å². The Kier molecular flexibility index (Phi) is 3.17. The van der Waals surface area contributed by atoms with Crippen molar-refractivity contribution in [2.75, 3.05) is 4.90 Å². The van der Waals surface area contributed by atoms with E-state index in [0.29, 0.717) is 6.42 Å². The summed E-state index contributed by atoms with van der Waals surface area (Å²) in [5.41, 5.74) is 2.29. The maximum atomic E-state index is 12.7. The molecule has 118 valence electrons. The quantitative estimate of drug-likeness (QED) is 0.798. The Morgan fingerprint density at radius 3 is 2.91 bits per heavy atom. The molecule has 2 atom stereocenters. The zero-order valence-corrected chi connectivity index (χ0v) is 14.6. The van der Waals surface area contributed by atoms with Gasteiger partial charge in [-0.2, -0.15) is 0 Å². The average molecular weight is 373 g/mol. The number of benzene rings is 2. The summed E-state index contributed by atoms with van der Waals surface area (Å²) in [4.78, 5) is 14.5. The fourth-order valence-corrected chi connectivity index (χ4v) is 3.88. The molecule has 4 rings (SSSR count). The highest BCUT2D eigenvalue weighted by Gasteiger charge is 2.49. The van der Waals surface area contributed by atoms with Crippen LogP contribution in [0.1, 0.15) is 30.5 Å². The van der Waals surface area contributed by atoms with Gasteiger partial charge in [-0.25, -0.2) is 4.79 Å². The number of nitrogens with one attached hydrogen (secondary N) is 1. The molecule has 2 heterocycles. The van der Waals surface area contributed by atoms with Gasteiger partial charge in [0.2, 0.25) is 0 Å². The van der Waals surface area contributed by atoms with Crippen molar-refractivity contribution in [1.29, 1.82) is 0 Å². The Bertz CT molecular complexity index is 807. The van der Waals surface area contributed by atoms with Crippen molar-refractivity contribution in [3.63, 3.8) is 0 Å². The van der Waals surface area contributed by atoms with Crippen molar-refractivity contribution >= 4 is 27.6 Å². The molecule has 0 saturated carbocycles. The van der Waals surface area contributed by atoms with Crippen molar-refractivity contribution in [2.45, 2.75) is 32.0 Å². The first kappa shape index (κ1) is 14.6. The molecular formula is C18H17BrN2O2. The normalized spacial score (nSPS) is 25.4. The van der Waals surface area contributed by atoms with E-state index >= 15 is 0 Å². The van der Waals surface area contributed by atoms with Crippen LogP contribution in [0.4, 0.5) is 10.5 Å². The smallest absolute Gasteiger partial charge is 0.325 e. The number of hydrogen-bond acceptors (Lipinski definition) is 2. The topological polar surface area (TPSA) is 41.6 Å². The summed E-state index contributed by atoms with van der Waals surface area (Å²) < 4.78 is 7.25. The second-order valence-electron chi connectivity index (χ2n) is 6.34. The van der Waals surface area contributed by atoms with Crippen molar-refractivity contribution in [3.05, 3.63) is 58.1 Å². The number of carbonyl (C=O) groups excluding carboxylic acids is 1. The SMILES string of the molecule is Cc1cccc(N2C(=O)N[C@H]3C[C@@]2(C)Oc2ccc(Br)cc23)c1. The van der Waals surface area contributed by atoms with E-state index in [4.69, 9.17) is 4.74 Å². The van der Waals surface area contributed by atoms with Gasteiger partial charge in [0.15, 0.2) is 5.72 Å². The van der Waals surface area contributed by atoms with Gasteiger partial charge in [-0.15, -0.1) is 0 Å². The lowest BCUT2D eigenvalue weighted by Crippen LogP contribution is -2.65. The van der Waals surface area contributed by atoms with Gasteiger partial charge in [-0.05, 0) is 49.7 Å². The summed E-state index contributed by atoms with van der Waals surface area (Å²) in [5, 5.41) is 3.11. The molecule has 2 aromatic carbocycles. The summed E-state index contributed by atoms with van der Waals surface area (Å²) in [6, 6.07) is 13.7. The van der Waals surface area contributed by atoms with Gasteiger partial charge in [-0.3, -0.25) is 4.90 Å². The third-order valence-corrected chi connectivity index (χ3v) is 4.99. The number of amides is 2. The van der Waals surface area contributed by atoms with Crippen LogP contribution >= 0.6 is 15.9 Å². The van der Waals surface area contributed by atoms with Gasteiger partial charge >= 0.3 is 6.03 Å². The third kappa shape index (κ3) is 2.30. The van der Waals surface area contributed by atoms with Crippen molar-refractivity contribution < 1.29 is 9.53 Å². The zero-order chi connectivity index (χ0) is 16.2. The molecule has 0 aromatic heterocycles. The number of anilines is 1. The molecule has 4 nitrogen and oxygen atoms in total. The Labute approximate surface area is 143 Å². The Morgan fingerprint density at radius 1 is 1.30 bits per heavy atom. The third-order valence-electron chi connectivity index (χ3n) is 4.49. The van der Waals surface area contributed by atoms with Gasteiger partial charge in [0, 0.05) is 22.1 Å². The average Bonchev–Trinajstić information content (AvgIpc) is 2.47. The molecule has 2 amide bonds. The fourth-order valence-electron chi connectivity index (χ4n) is 3.50. The van der Waals surface area contributed by atoms with Crippen LogP contribution in [0.25, 0.3) is 0 Å². The monoisotopic (exact) mass is 372 g/mol. The van der Waals surface area contributed by atoms with Gasteiger partial charge in [0.1, 0.15) is 5.75 Å². The molecular weight excluding hydrogens is 356 g/mol. The van der Waals surface area contributed by atoms with Crippen molar-refractivity contribution in [1.82, 2.24) is 5.32 Å². The summed E-state index contributed by atoms with van der Waals surface area (Å²) >= 11 is 3.49. The molecule has 0 aliphatic carbocycles. The van der Waals surface area contributed by atoms with Crippen LogP contribution < -0.4 is 15.0 Å². The lowest BCUT2D eigenvalue weighted by molar-refractivity contribution is 0.0378. The minimum Gasteiger partial charge on any atom is -0.467 e. The standard InChI is InChI=1S/C18H17BrN2O2/c1-11-4-3-5-13(8-11)21-17(22)20-15-10-18(21,2)23-16-7-6-12(19)9-14(15)16/h3-9,15H,10H2,1-2H3,(H,20,22)/t15-,18+/m0/s1. The Balaban J connectivity index is 1.81. The highest BCUT2D eigenvalue weighted by molar-refractivity contribution is 9.10. The largest absolute Gasteiger partial charge is 0.467 e. The van der Waals surface area contributed by atoms with Crippen LogP contribution in [0, 0.1) is 6.92 Å². The molecule has 1 saturated heterocycles. The molecule has 2 aromatic rings. The van der Waals surface area contributed by atoms with E-state index in [2.05, 4.69) is 21.2 Å². The molecule has 1 fully saturated rings. The molecule has 0 radical (unpaired) electrons. The van der Waals surface area contributed by atoms with Crippen LogP contribution in [0.2, 0.25) is 0 Å². The first-order chi connectivity index (χ1) is 11.0. The number of fused-ring (bicyclic) bond motifs is 4. The second kappa shape index (κ2) is 4.99. The van der Waals surface area contributed by atoms with Crippen LogP contribution in [0.3, 0.4) is 0 Å². The first-order valence-corrected chi connectivity index (χ1v) is 8.41. The van der Waals surface area contributed by atoms with Crippen LogP contribution in [0.5, 0.6) is 5.75 Å². The highest BCUT2D eigenvalue weighted by Crippen LogP contribution is 2.46. The van der Waals surface area contributed by atoms with E-state index in [-0.39, 0.29) is 12.1 Å². The van der Waals surface area contributed by atoms with Crippen molar-refractivity contribution in [3.8, 4) is 5.75 Å². The van der Waals surface area contributed by atoms with Crippen LogP contribution in [-0.2, 0) is 0 Å². The van der Waals surface area contributed by atoms with E-state index in [1.54, 1.807) is 4.90 Å². The molecule has 5 heteroatoms. The Hall–Kier alpha value is -2.01. The minimum absolute atomic E-state index is 0.0326. The predicted octanol–water partition coefficient (Wildman–Crippen LogP) is 4.53. The summed E-state index contributed by atoms with van der Waals surface area (Å²) in [5.74, 6) is 0.824. The number of aryl methyl sites for hydroxylation is 1. The number of halogens is 1. The van der Waals surface area contributed by atoms with Gasteiger partial charge in [0.25, 0.3) is 0 Å². The van der Waals surface area contributed by atoms with Gasteiger partial charge < -0.3 is 10.1 Å². The van der Waals surface area contributed by atoms with Crippen LogP contribution in [-0.4, -0.2) is 11.8 Å². The van der Waals surface area contributed by atoms with Gasteiger partial charge in [-0.1, -0.05) is 28.1 Å². The highest BCUT2D eigenvalue weighted by atomic mass is 79.9. The molecule has 2 aliphatic heterocycles. The number of carbonyl (C=O) groups is 1. The first-order valence-electron chi connectivity index (χ1n) is 7.62.